The molecule has 0 aliphatic heterocycles. The molecule has 0 aromatic heterocycles. The van der Waals surface area contributed by atoms with Crippen molar-refractivity contribution in [3.8, 4) is 5.75 Å². The molecule has 0 bridgehead atoms. The number of aromatic carboxylic acids is 1. The van der Waals surface area contributed by atoms with Crippen LogP contribution in [0.4, 0.5) is 5.69 Å². The van der Waals surface area contributed by atoms with E-state index in [0.717, 1.165) is 12.2 Å². The van der Waals surface area contributed by atoms with Crippen LogP contribution in [-0.2, 0) is 0 Å². The van der Waals surface area contributed by atoms with E-state index in [4.69, 9.17) is 5.11 Å². The summed E-state index contributed by atoms with van der Waals surface area (Å²) in [7, 11) is 0. The van der Waals surface area contributed by atoms with Gasteiger partial charge in [0.25, 0.3) is 0 Å². The van der Waals surface area contributed by atoms with Gasteiger partial charge in [0.1, 0.15) is 11.3 Å². The van der Waals surface area contributed by atoms with E-state index in [9.17, 15) is 9.90 Å². The number of aromatic hydroxyl groups is 1. The first-order valence-electron chi connectivity index (χ1n) is 6.47. The van der Waals surface area contributed by atoms with Gasteiger partial charge < -0.3 is 15.5 Å². The predicted octanol–water partition coefficient (Wildman–Crippen LogP) is 3.08. The second-order valence-corrected chi connectivity index (χ2v) is 4.92. The van der Waals surface area contributed by atoms with Crippen molar-refractivity contribution < 1.29 is 15.0 Å². The molecule has 18 heavy (non-hydrogen) atoms. The van der Waals surface area contributed by atoms with Gasteiger partial charge in [-0.3, -0.25) is 0 Å². The normalized spacial score (nSPS) is 16.4. The first-order valence-corrected chi connectivity index (χ1v) is 6.47. The number of anilines is 1. The number of hydrogen-bond donors (Lipinski definition) is 3. The van der Waals surface area contributed by atoms with E-state index in [1.165, 1.54) is 44.2 Å². The summed E-state index contributed by atoms with van der Waals surface area (Å²) >= 11 is 0. The van der Waals surface area contributed by atoms with Crippen LogP contribution >= 0.6 is 0 Å². The van der Waals surface area contributed by atoms with Crippen molar-refractivity contribution in [1.82, 2.24) is 0 Å². The first kappa shape index (κ1) is 12.7. The Hall–Kier alpha value is -1.71. The molecule has 4 nitrogen and oxygen atoms in total. The fraction of sp³-hybridized carbons (Fsp3) is 0.500. The average molecular weight is 249 g/mol. The zero-order valence-electron chi connectivity index (χ0n) is 10.4. The average Bonchev–Trinajstić information content (AvgIpc) is 2.38. The Morgan fingerprint density at radius 2 is 2.00 bits per heavy atom. The second kappa shape index (κ2) is 5.76. The number of phenols is 1. The summed E-state index contributed by atoms with van der Waals surface area (Å²) in [4.78, 5) is 10.9. The number of hydrogen-bond acceptors (Lipinski definition) is 3. The van der Waals surface area contributed by atoms with Crippen LogP contribution in [0.15, 0.2) is 18.2 Å². The molecular formula is C14H19NO3. The summed E-state index contributed by atoms with van der Waals surface area (Å²) in [5.74, 6) is -0.611. The highest BCUT2D eigenvalue weighted by Gasteiger charge is 2.14. The van der Waals surface area contributed by atoms with Gasteiger partial charge in [-0.1, -0.05) is 19.3 Å². The molecule has 0 radical (unpaired) electrons. The smallest absolute Gasteiger partial charge is 0.339 e. The van der Waals surface area contributed by atoms with Crippen LogP contribution in [0, 0.1) is 5.92 Å². The van der Waals surface area contributed by atoms with Gasteiger partial charge in [-0.25, -0.2) is 4.79 Å². The molecule has 0 unspecified atom stereocenters. The van der Waals surface area contributed by atoms with E-state index >= 15 is 0 Å². The Bertz CT molecular complexity index is 425. The summed E-state index contributed by atoms with van der Waals surface area (Å²) in [6.07, 6.45) is 6.41. The molecule has 1 aliphatic rings. The molecule has 1 aromatic carbocycles. The van der Waals surface area contributed by atoms with Crippen molar-refractivity contribution in [2.24, 2.45) is 5.92 Å². The summed E-state index contributed by atoms with van der Waals surface area (Å²) in [6.45, 7) is 0.879. The van der Waals surface area contributed by atoms with Crippen LogP contribution in [0.2, 0.25) is 0 Å². The van der Waals surface area contributed by atoms with Crippen molar-refractivity contribution in [3.63, 3.8) is 0 Å². The fourth-order valence-electron chi connectivity index (χ4n) is 2.47. The number of carboxylic acid groups (broad SMARTS) is 1. The van der Waals surface area contributed by atoms with Crippen molar-refractivity contribution in [3.05, 3.63) is 23.8 Å². The fourth-order valence-corrected chi connectivity index (χ4v) is 2.47. The van der Waals surface area contributed by atoms with Crippen molar-refractivity contribution in [2.75, 3.05) is 11.9 Å². The Labute approximate surface area is 107 Å². The molecule has 0 heterocycles. The molecule has 0 saturated heterocycles. The van der Waals surface area contributed by atoms with Crippen molar-refractivity contribution in [1.29, 1.82) is 0 Å². The highest BCUT2D eigenvalue weighted by Crippen LogP contribution is 2.25. The van der Waals surface area contributed by atoms with Crippen LogP contribution in [0.5, 0.6) is 5.75 Å². The standard InChI is InChI=1S/C14H19NO3/c16-13-7-6-11(8-12(13)14(17)18)15-9-10-4-2-1-3-5-10/h6-8,10,15-16H,1-5,9H2,(H,17,18). The molecule has 2 rings (SSSR count). The summed E-state index contributed by atoms with van der Waals surface area (Å²) in [6, 6.07) is 4.62. The zero-order chi connectivity index (χ0) is 13.0. The topological polar surface area (TPSA) is 69.6 Å². The van der Waals surface area contributed by atoms with Crippen LogP contribution in [0.3, 0.4) is 0 Å². The summed E-state index contributed by atoms with van der Waals surface area (Å²) in [5.41, 5.74) is 0.708. The highest BCUT2D eigenvalue weighted by atomic mass is 16.4. The lowest BCUT2D eigenvalue weighted by Gasteiger charge is -2.22. The van der Waals surface area contributed by atoms with Gasteiger partial charge in [0.15, 0.2) is 0 Å². The van der Waals surface area contributed by atoms with E-state index in [2.05, 4.69) is 5.32 Å². The number of rotatable bonds is 4. The molecule has 0 amide bonds. The molecule has 1 aliphatic carbocycles. The van der Waals surface area contributed by atoms with Gasteiger partial charge >= 0.3 is 5.97 Å². The van der Waals surface area contributed by atoms with E-state index in [-0.39, 0.29) is 11.3 Å². The van der Waals surface area contributed by atoms with Gasteiger partial charge in [0, 0.05) is 12.2 Å². The molecule has 0 spiro atoms. The molecule has 1 fully saturated rings. The molecule has 1 aromatic rings. The SMILES string of the molecule is O=C(O)c1cc(NCC2CCCCC2)ccc1O. The largest absolute Gasteiger partial charge is 0.507 e. The van der Waals surface area contributed by atoms with Crippen LogP contribution in [-0.4, -0.2) is 22.7 Å². The van der Waals surface area contributed by atoms with E-state index in [1.807, 2.05) is 0 Å². The van der Waals surface area contributed by atoms with Crippen LogP contribution in [0.1, 0.15) is 42.5 Å². The van der Waals surface area contributed by atoms with E-state index in [1.54, 1.807) is 6.07 Å². The van der Waals surface area contributed by atoms with Crippen molar-refractivity contribution in [2.45, 2.75) is 32.1 Å². The number of nitrogens with one attached hydrogen (secondary N) is 1. The summed E-state index contributed by atoms with van der Waals surface area (Å²) < 4.78 is 0. The molecule has 98 valence electrons. The maximum Gasteiger partial charge on any atom is 0.339 e. The van der Waals surface area contributed by atoms with Crippen LogP contribution in [0.25, 0.3) is 0 Å². The third-order valence-corrected chi connectivity index (χ3v) is 3.55. The Morgan fingerprint density at radius 3 is 2.67 bits per heavy atom. The van der Waals surface area contributed by atoms with Gasteiger partial charge in [-0.15, -0.1) is 0 Å². The number of carbonyl (C=O) groups is 1. The van der Waals surface area contributed by atoms with E-state index < -0.39 is 5.97 Å². The minimum atomic E-state index is -1.10. The zero-order valence-corrected chi connectivity index (χ0v) is 10.4. The Kier molecular flexibility index (Phi) is 4.07. The minimum absolute atomic E-state index is 0.0522. The Morgan fingerprint density at radius 1 is 1.28 bits per heavy atom. The lowest BCUT2D eigenvalue weighted by atomic mass is 9.89. The van der Waals surface area contributed by atoms with Gasteiger partial charge in [-0.05, 0) is 37.0 Å². The van der Waals surface area contributed by atoms with Crippen molar-refractivity contribution >= 4 is 11.7 Å². The predicted molar refractivity (Wildman–Crippen MR) is 70.1 cm³/mol. The lowest BCUT2D eigenvalue weighted by molar-refractivity contribution is 0.0694. The molecular weight excluding hydrogens is 230 g/mol. The number of carboxylic acids is 1. The monoisotopic (exact) mass is 249 g/mol. The van der Waals surface area contributed by atoms with Crippen LogP contribution < -0.4 is 5.32 Å². The van der Waals surface area contributed by atoms with E-state index in [0.29, 0.717) is 5.92 Å². The minimum Gasteiger partial charge on any atom is -0.507 e. The Balaban J connectivity index is 1.96. The van der Waals surface area contributed by atoms with Gasteiger partial charge in [0.2, 0.25) is 0 Å². The first-order chi connectivity index (χ1) is 8.66. The molecule has 0 atom stereocenters. The highest BCUT2D eigenvalue weighted by molar-refractivity contribution is 5.91. The summed E-state index contributed by atoms with van der Waals surface area (Å²) in [5, 5.41) is 21.6. The lowest BCUT2D eigenvalue weighted by Crippen LogP contribution is -2.17. The maximum atomic E-state index is 10.9. The molecule has 3 N–H and O–H groups in total. The second-order valence-electron chi connectivity index (χ2n) is 4.92. The van der Waals surface area contributed by atoms with Gasteiger partial charge in [-0.2, -0.15) is 0 Å². The number of benzene rings is 1. The maximum absolute atomic E-state index is 10.9. The third-order valence-electron chi connectivity index (χ3n) is 3.55. The molecule has 1 saturated carbocycles. The van der Waals surface area contributed by atoms with Gasteiger partial charge in [0.05, 0.1) is 0 Å². The molecule has 4 heteroatoms. The quantitative estimate of drug-likeness (QED) is 0.717. The third kappa shape index (κ3) is 3.15.